The zero-order valence-corrected chi connectivity index (χ0v) is 12.7. The topological polar surface area (TPSA) is 67.6 Å². The van der Waals surface area contributed by atoms with Gasteiger partial charge in [0.05, 0.1) is 17.8 Å². The Morgan fingerprint density at radius 1 is 1.41 bits per heavy atom. The minimum Gasteiger partial charge on any atom is -0.491 e. The molecule has 0 fully saturated rings. The summed E-state index contributed by atoms with van der Waals surface area (Å²) in [5, 5.41) is 14.0. The van der Waals surface area contributed by atoms with Gasteiger partial charge in [0.15, 0.2) is 0 Å². The van der Waals surface area contributed by atoms with Crippen LogP contribution in [0.2, 0.25) is 5.02 Å². The summed E-state index contributed by atoms with van der Waals surface area (Å²) in [6.07, 6.45) is 3.40. The number of nitrogens with zero attached hydrogens (tertiary/aromatic N) is 3. The maximum absolute atomic E-state index is 11.3. The Morgan fingerprint density at radius 3 is 3.00 bits per heavy atom. The van der Waals surface area contributed by atoms with Gasteiger partial charge in [0.25, 0.3) is 0 Å². The quantitative estimate of drug-likeness (QED) is 0.934. The second-order valence-corrected chi connectivity index (χ2v) is 5.58. The van der Waals surface area contributed by atoms with Gasteiger partial charge >= 0.3 is 5.97 Å². The smallest absolute Gasteiger partial charge is 0.339 e. The van der Waals surface area contributed by atoms with Gasteiger partial charge in [0.2, 0.25) is 0 Å². The van der Waals surface area contributed by atoms with E-state index in [1.54, 1.807) is 29.2 Å². The number of aromatic nitrogens is 2. The van der Waals surface area contributed by atoms with Crippen molar-refractivity contribution in [2.75, 3.05) is 19.7 Å². The molecule has 0 saturated carbocycles. The number of carboxylic acid groups (broad SMARTS) is 1. The highest BCUT2D eigenvalue weighted by molar-refractivity contribution is 6.30. The van der Waals surface area contributed by atoms with Gasteiger partial charge in [0.1, 0.15) is 17.9 Å². The second kappa shape index (κ2) is 6.37. The first-order valence-corrected chi connectivity index (χ1v) is 7.39. The van der Waals surface area contributed by atoms with Crippen molar-refractivity contribution < 1.29 is 14.6 Å². The van der Waals surface area contributed by atoms with E-state index >= 15 is 0 Å². The molecule has 2 aromatic rings. The fourth-order valence-electron chi connectivity index (χ4n) is 2.54. The number of halogens is 1. The van der Waals surface area contributed by atoms with Crippen LogP contribution in [0, 0.1) is 0 Å². The van der Waals surface area contributed by atoms with E-state index in [-0.39, 0.29) is 5.56 Å². The molecule has 0 unspecified atom stereocenters. The van der Waals surface area contributed by atoms with Crippen molar-refractivity contribution in [2.24, 2.45) is 0 Å². The van der Waals surface area contributed by atoms with Crippen molar-refractivity contribution in [1.29, 1.82) is 0 Å². The van der Waals surface area contributed by atoms with E-state index in [0.29, 0.717) is 23.9 Å². The molecule has 1 aromatic heterocycles. The number of carboxylic acids is 1. The van der Waals surface area contributed by atoms with Crippen LogP contribution >= 0.6 is 11.6 Å². The lowest BCUT2D eigenvalue weighted by Crippen LogP contribution is -2.29. The van der Waals surface area contributed by atoms with Gasteiger partial charge in [-0.15, -0.1) is 0 Å². The van der Waals surface area contributed by atoms with Gasteiger partial charge in [-0.2, -0.15) is 5.10 Å². The summed E-state index contributed by atoms with van der Waals surface area (Å²) in [5.74, 6) is -0.476. The number of hydrogen-bond donors (Lipinski definition) is 1. The first kappa shape index (κ1) is 14.9. The fourth-order valence-corrected chi connectivity index (χ4v) is 2.70. The van der Waals surface area contributed by atoms with Gasteiger partial charge in [0, 0.05) is 31.4 Å². The summed E-state index contributed by atoms with van der Waals surface area (Å²) in [6.45, 7) is 3.38. The number of para-hydroxylation sites is 1. The first-order chi connectivity index (χ1) is 10.6. The predicted octanol–water partition coefficient (Wildman–Crippen LogP) is 2.13. The number of ether oxygens (including phenoxy) is 1. The molecule has 0 bridgehead atoms. The molecule has 0 atom stereocenters. The van der Waals surface area contributed by atoms with E-state index in [1.165, 1.54) is 0 Å². The molecule has 0 saturated heterocycles. The summed E-state index contributed by atoms with van der Waals surface area (Å²) in [4.78, 5) is 13.5. The van der Waals surface area contributed by atoms with Crippen molar-refractivity contribution >= 4 is 17.6 Å². The van der Waals surface area contributed by atoms with Crippen LogP contribution in [0.25, 0.3) is 0 Å². The second-order valence-electron chi connectivity index (χ2n) is 5.15. The van der Waals surface area contributed by atoms with Crippen molar-refractivity contribution in [3.63, 3.8) is 0 Å². The molecule has 1 aliphatic rings. The standard InChI is InChI=1S/C15H16ClN3O3/c16-12-8-17-19(10-12)5-4-18-6-7-22-14-11(9-18)2-1-3-13(14)15(20)21/h1-3,8,10H,4-7,9H2,(H,20,21). The zero-order valence-electron chi connectivity index (χ0n) is 11.9. The molecular formula is C15H16ClN3O3. The Hall–Kier alpha value is -2.05. The Balaban J connectivity index is 1.71. The van der Waals surface area contributed by atoms with Gasteiger partial charge < -0.3 is 9.84 Å². The third-order valence-corrected chi connectivity index (χ3v) is 3.82. The number of carbonyl (C=O) groups is 1. The molecule has 1 aliphatic heterocycles. The van der Waals surface area contributed by atoms with Crippen LogP contribution in [0.15, 0.2) is 30.6 Å². The minimum atomic E-state index is -0.962. The number of aromatic carboxylic acids is 1. The summed E-state index contributed by atoms with van der Waals surface area (Å²) >= 11 is 5.85. The Morgan fingerprint density at radius 2 is 2.27 bits per heavy atom. The predicted molar refractivity (Wildman–Crippen MR) is 81.4 cm³/mol. The van der Waals surface area contributed by atoms with E-state index in [0.717, 1.165) is 25.2 Å². The highest BCUT2D eigenvalue weighted by Gasteiger charge is 2.20. The van der Waals surface area contributed by atoms with Crippen molar-refractivity contribution in [3.05, 3.63) is 46.7 Å². The number of fused-ring (bicyclic) bond motifs is 1. The SMILES string of the molecule is O=C(O)c1cccc2c1OCCN(CCn1cc(Cl)cn1)C2. The molecule has 2 heterocycles. The van der Waals surface area contributed by atoms with E-state index in [9.17, 15) is 9.90 Å². The average molecular weight is 322 g/mol. The lowest BCUT2D eigenvalue weighted by atomic mass is 10.1. The average Bonchev–Trinajstić information content (AvgIpc) is 2.79. The maximum Gasteiger partial charge on any atom is 0.339 e. The normalized spacial score (nSPS) is 15.0. The van der Waals surface area contributed by atoms with Crippen LogP contribution in [-0.2, 0) is 13.1 Å². The maximum atomic E-state index is 11.3. The van der Waals surface area contributed by atoms with Crippen LogP contribution in [0.5, 0.6) is 5.75 Å². The molecule has 6 nitrogen and oxygen atoms in total. The Bertz CT molecular complexity index is 686. The van der Waals surface area contributed by atoms with E-state index < -0.39 is 5.97 Å². The molecule has 0 aliphatic carbocycles. The van der Waals surface area contributed by atoms with Crippen molar-refractivity contribution in [3.8, 4) is 5.75 Å². The summed E-state index contributed by atoms with van der Waals surface area (Å²) in [5.41, 5.74) is 1.12. The Labute approximate surface area is 132 Å². The zero-order chi connectivity index (χ0) is 15.5. The molecule has 7 heteroatoms. The van der Waals surface area contributed by atoms with Gasteiger partial charge in [-0.05, 0) is 6.07 Å². The molecule has 1 aromatic carbocycles. The molecular weight excluding hydrogens is 306 g/mol. The van der Waals surface area contributed by atoms with Gasteiger partial charge in [-0.25, -0.2) is 4.79 Å². The van der Waals surface area contributed by atoms with Crippen LogP contribution in [0.3, 0.4) is 0 Å². The summed E-state index contributed by atoms with van der Waals surface area (Å²) in [6, 6.07) is 5.23. The van der Waals surface area contributed by atoms with Crippen LogP contribution in [0.4, 0.5) is 0 Å². The molecule has 1 N–H and O–H groups in total. The minimum absolute atomic E-state index is 0.221. The van der Waals surface area contributed by atoms with Crippen molar-refractivity contribution in [2.45, 2.75) is 13.1 Å². The third-order valence-electron chi connectivity index (χ3n) is 3.62. The van der Waals surface area contributed by atoms with Gasteiger partial charge in [-0.3, -0.25) is 9.58 Å². The summed E-state index contributed by atoms with van der Waals surface area (Å²) in [7, 11) is 0. The molecule has 0 radical (unpaired) electrons. The largest absolute Gasteiger partial charge is 0.491 e. The van der Waals surface area contributed by atoms with E-state index in [2.05, 4.69) is 10.00 Å². The van der Waals surface area contributed by atoms with Crippen LogP contribution in [-0.4, -0.2) is 45.5 Å². The molecule has 0 amide bonds. The number of benzene rings is 1. The molecule has 0 spiro atoms. The lowest BCUT2D eigenvalue weighted by molar-refractivity contribution is 0.0692. The highest BCUT2D eigenvalue weighted by atomic mass is 35.5. The Kier molecular flexibility index (Phi) is 4.31. The number of rotatable bonds is 4. The lowest BCUT2D eigenvalue weighted by Gasteiger charge is -2.19. The highest BCUT2D eigenvalue weighted by Crippen LogP contribution is 2.27. The van der Waals surface area contributed by atoms with E-state index in [1.807, 2.05) is 6.07 Å². The van der Waals surface area contributed by atoms with E-state index in [4.69, 9.17) is 16.3 Å². The molecule has 22 heavy (non-hydrogen) atoms. The van der Waals surface area contributed by atoms with Crippen LogP contribution < -0.4 is 4.74 Å². The third kappa shape index (κ3) is 3.23. The summed E-state index contributed by atoms with van der Waals surface area (Å²) < 4.78 is 7.46. The first-order valence-electron chi connectivity index (χ1n) is 7.02. The monoisotopic (exact) mass is 321 g/mol. The van der Waals surface area contributed by atoms with Crippen LogP contribution in [0.1, 0.15) is 15.9 Å². The molecule has 3 rings (SSSR count). The number of hydrogen-bond acceptors (Lipinski definition) is 4. The fraction of sp³-hybridized carbons (Fsp3) is 0.333. The molecule has 116 valence electrons. The van der Waals surface area contributed by atoms with Crippen molar-refractivity contribution in [1.82, 2.24) is 14.7 Å². The van der Waals surface area contributed by atoms with Gasteiger partial charge in [-0.1, -0.05) is 23.7 Å².